The molecule has 154 valence electrons. The Labute approximate surface area is 180 Å². The summed E-state index contributed by atoms with van der Waals surface area (Å²) in [6, 6.07) is 17.9. The second kappa shape index (κ2) is 9.67. The first-order chi connectivity index (χ1) is 14.7. The zero-order valence-electron chi connectivity index (χ0n) is 16.7. The van der Waals surface area contributed by atoms with Gasteiger partial charge in [0.1, 0.15) is 0 Å². The number of pyridine rings is 1. The summed E-state index contributed by atoms with van der Waals surface area (Å²) in [7, 11) is 0. The number of nitrogens with one attached hydrogen (secondary N) is 1. The number of benzene rings is 1. The predicted octanol–water partition coefficient (Wildman–Crippen LogP) is 3.98. The molecule has 0 spiro atoms. The third kappa shape index (κ3) is 4.94. The van der Waals surface area contributed by atoms with Crippen LogP contribution < -0.4 is 5.32 Å². The van der Waals surface area contributed by atoms with E-state index < -0.39 is 0 Å². The number of hydrogen-bond donors (Lipinski definition) is 1. The number of carbonyl (C=O) groups is 2. The van der Waals surface area contributed by atoms with Gasteiger partial charge < -0.3 is 10.2 Å². The van der Waals surface area contributed by atoms with Crippen LogP contribution in [-0.4, -0.2) is 28.2 Å². The van der Waals surface area contributed by atoms with Crippen molar-refractivity contribution < 1.29 is 9.59 Å². The largest absolute Gasteiger partial charge is 0.352 e. The van der Waals surface area contributed by atoms with Crippen LogP contribution in [0.25, 0.3) is 0 Å². The van der Waals surface area contributed by atoms with Crippen molar-refractivity contribution in [2.45, 2.75) is 31.8 Å². The number of amides is 2. The Morgan fingerprint density at radius 2 is 1.93 bits per heavy atom. The van der Waals surface area contributed by atoms with Crippen molar-refractivity contribution in [2.75, 3.05) is 6.54 Å². The molecule has 1 aliphatic rings. The standard InChI is InChI=1S/C24H25N3O2S/c28-23(14-21-9-5-13-30-21)27-17-20(10-11-22(27)19-7-2-1-3-8-19)24(29)26-16-18-6-4-12-25-15-18/h1-9,12-13,15,20,22H,10-11,14,16-17H2,(H,26,29)/t20-,22-/m1/s1. The number of nitrogens with zero attached hydrogens (tertiary/aromatic N) is 2. The lowest BCUT2D eigenvalue weighted by Gasteiger charge is -2.39. The van der Waals surface area contributed by atoms with Crippen molar-refractivity contribution in [3.63, 3.8) is 0 Å². The highest BCUT2D eigenvalue weighted by Crippen LogP contribution is 2.34. The fourth-order valence-corrected chi connectivity index (χ4v) is 4.68. The molecule has 2 atom stereocenters. The fraction of sp³-hybridized carbons (Fsp3) is 0.292. The first-order valence-electron chi connectivity index (χ1n) is 10.2. The van der Waals surface area contributed by atoms with E-state index in [2.05, 4.69) is 22.4 Å². The lowest BCUT2D eigenvalue weighted by Crippen LogP contribution is -2.47. The minimum absolute atomic E-state index is 0.000659. The quantitative estimate of drug-likeness (QED) is 0.657. The normalized spacial score (nSPS) is 18.7. The number of aromatic nitrogens is 1. The van der Waals surface area contributed by atoms with Crippen LogP contribution in [0.15, 0.2) is 72.4 Å². The third-order valence-electron chi connectivity index (χ3n) is 5.55. The summed E-state index contributed by atoms with van der Waals surface area (Å²) in [5, 5.41) is 5.00. The van der Waals surface area contributed by atoms with Crippen LogP contribution >= 0.6 is 11.3 Å². The van der Waals surface area contributed by atoms with E-state index >= 15 is 0 Å². The van der Waals surface area contributed by atoms with Crippen LogP contribution in [0.5, 0.6) is 0 Å². The average molecular weight is 420 g/mol. The third-order valence-corrected chi connectivity index (χ3v) is 6.43. The SMILES string of the molecule is O=C(NCc1cccnc1)[C@@H]1CC[C@H](c2ccccc2)N(C(=O)Cc2cccs2)C1. The highest BCUT2D eigenvalue weighted by molar-refractivity contribution is 7.10. The Morgan fingerprint density at radius 1 is 1.07 bits per heavy atom. The molecule has 1 N–H and O–H groups in total. The molecule has 3 heterocycles. The highest BCUT2D eigenvalue weighted by Gasteiger charge is 2.35. The molecule has 1 aromatic carbocycles. The minimum Gasteiger partial charge on any atom is -0.352 e. The maximum Gasteiger partial charge on any atom is 0.228 e. The number of thiophene rings is 1. The van der Waals surface area contributed by atoms with E-state index in [0.29, 0.717) is 19.5 Å². The molecule has 4 rings (SSSR count). The molecule has 2 amide bonds. The number of likely N-dealkylation sites (tertiary alicyclic amines) is 1. The van der Waals surface area contributed by atoms with Crippen LogP contribution in [0.1, 0.15) is 34.9 Å². The van der Waals surface area contributed by atoms with Crippen molar-refractivity contribution in [1.29, 1.82) is 0 Å². The van der Waals surface area contributed by atoms with Gasteiger partial charge >= 0.3 is 0 Å². The molecule has 0 bridgehead atoms. The van der Waals surface area contributed by atoms with E-state index in [4.69, 9.17) is 0 Å². The summed E-state index contributed by atoms with van der Waals surface area (Å²) in [4.78, 5) is 33.1. The number of piperidine rings is 1. The molecule has 1 fully saturated rings. The zero-order valence-corrected chi connectivity index (χ0v) is 17.6. The van der Waals surface area contributed by atoms with Crippen molar-refractivity contribution in [1.82, 2.24) is 15.2 Å². The molecule has 5 nitrogen and oxygen atoms in total. The molecule has 30 heavy (non-hydrogen) atoms. The first-order valence-corrected chi connectivity index (χ1v) is 11.1. The summed E-state index contributed by atoms with van der Waals surface area (Å²) < 4.78 is 0. The van der Waals surface area contributed by atoms with Crippen molar-refractivity contribution in [3.05, 3.63) is 88.4 Å². The average Bonchev–Trinajstić information content (AvgIpc) is 3.31. The van der Waals surface area contributed by atoms with Crippen molar-refractivity contribution in [2.24, 2.45) is 5.92 Å². The predicted molar refractivity (Wildman–Crippen MR) is 118 cm³/mol. The van der Waals surface area contributed by atoms with Crippen molar-refractivity contribution >= 4 is 23.2 Å². The van der Waals surface area contributed by atoms with Crippen molar-refractivity contribution in [3.8, 4) is 0 Å². The maximum atomic E-state index is 13.2. The van der Waals surface area contributed by atoms with Gasteiger partial charge in [-0.15, -0.1) is 11.3 Å². The highest BCUT2D eigenvalue weighted by atomic mass is 32.1. The van der Waals surface area contributed by atoms with E-state index in [1.54, 1.807) is 23.7 Å². The van der Waals surface area contributed by atoms with Gasteiger partial charge in [-0.25, -0.2) is 0 Å². The molecule has 0 saturated carbocycles. The Hall–Kier alpha value is -2.99. The Balaban J connectivity index is 1.46. The van der Waals surface area contributed by atoms with Gasteiger partial charge in [-0.2, -0.15) is 0 Å². The number of hydrogen-bond acceptors (Lipinski definition) is 4. The zero-order chi connectivity index (χ0) is 20.8. The van der Waals surface area contributed by atoms with Gasteiger partial charge in [-0.3, -0.25) is 14.6 Å². The monoisotopic (exact) mass is 419 g/mol. The van der Waals surface area contributed by atoms with E-state index in [1.807, 2.05) is 52.7 Å². The smallest absolute Gasteiger partial charge is 0.228 e. The van der Waals surface area contributed by atoms with Gasteiger partial charge in [-0.05, 0) is 41.5 Å². The van der Waals surface area contributed by atoms with Crippen LogP contribution in [0.4, 0.5) is 0 Å². The van der Waals surface area contributed by atoms with Gasteiger partial charge in [0.2, 0.25) is 11.8 Å². The van der Waals surface area contributed by atoms with E-state index in [-0.39, 0.29) is 23.8 Å². The van der Waals surface area contributed by atoms with Crippen LogP contribution in [0, 0.1) is 5.92 Å². The second-order valence-corrected chi connectivity index (χ2v) is 8.61. The topological polar surface area (TPSA) is 62.3 Å². The Morgan fingerprint density at radius 3 is 2.67 bits per heavy atom. The van der Waals surface area contributed by atoms with Crippen LogP contribution in [0.2, 0.25) is 0 Å². The van der Waals surface area contributed by atoms with Gasteiger partial charge in [0.15, 0.2) is 0 Å². The summed E-state index contributed by atoms with van der Waals surface area (Å²) in [6.07, 6.45) is 5.40. The maximum absolute atomic E-state index is 13.2. The van der Waals surface area contributed by atoms with Gasteiger partial charge in [-0.1, -0.05) is 42.5 Å². The fourth-order valence-electron chi connectivity index (χ4n) is 3.98. The molecule has 1 saturated heterocycles. The minimum atomic E-state index is -0.200. The summed E-state index contributed by atoms with van der Waals surface area (Å²) in [6.45, 7) is 0.900. The lowest BCUT2D eigenvalue weighted by molar-refractivity contribution is -0.138. The number of rotatable bonds is 6. The molecule has 6 heteroatoms. The summed E-state index contributed by atoms with van der Waals surface area (Å²) in [5.41, 5.74) is 2.10. The molecule has 0 radical (unpaired) electrons. The summed E-state index contributed by atoms with van der Waals surface area (Å²) >= 11 is 1.59. The molecule has 2 aromatic heterocycles. The first kappa shape index (κ1) is 20.3. The summed E-state index contributed by atoms with van der Waals surface area (Å²) in [5.74, 6) is -0.121. The molecular formula is C24H25N3O2S. The molecule has 1 aliphatic heterocycles. The molecule has 0 aliphatic carbocycles. The van der Waals surface area contributed by atoms with E-state index in [9.17, 15) is 9.59 Å². The number of carbonyl (C=O) groups excluding carboxylic acids is 2. The molecule has 0 unspecified atom stereocenters. The second-order valence-electron chi connectivity index (χ2n) is 7.58. The van der Waals surface area contributed by atoms with Gasteiger partial charge in [0.25, 0.3) is 0 Å². The molecular weight excluding hydrogens is 394 g/mol. The van der Waals surface area contributed by atoms with Crippen LogP contribution in [0.3, 0.4) is 0 Å². The Kier molecular flexibility index (Phi) is 6.54. The van der Waals surface area contributed by atoms with E-state index in [1.165, 1.54) is 0 Å². The van der Waals surface area contributed by atoms with E-state index in [0.717, 1.165) is 28.8 Å². The van der Waals surface area contributed by atoms with Gasteiger partial charge in [0.05, 0.1) is 18.4 Å². The Bertz CT molecular complexity index is 961. The molecule has 3 aromatic rings. The lowest BCUT2D eigenvalue weighted by atomic mass is 9.88. The van der Waals surface area contributed by atoms with Crippen LogP contribution in [-0.2, 0) is 22.6 Å². The van der Waals surface area contributed by atoms with Gasteiger partial charge in [0, 0.05) is 30.4 Å².